The molecule has 0 aliphatic heterocycles. The summed E-state index contributed by atoms with van der Waals surface area (Å²) in [6.07, 6.45) is 2.44. The van der Waals surface area contributed by atoms with E-state index in [9.17, 15) is 9.59 Å². The molecule has 3 nitrogen and oxygen atoms in total. The summed E-state index contributed by atoms with van der Waals surface area (Å²) in [5.41, 5.74) is 0.611. The predicted molar refractivity (Wildman–Crippen MR) is 65.7 cm³/mol. The van der Waals surface area contributed by atoms with Crippen molar-refractivity contribution in [2.45, 2.75) is 25.9 Å². The fraction of sp³-hybridized carbons (Fsp3) is 0.429. The van der Waals surface area contributed by atoms with Gasteiger partial charge in [0.15, 0.2) is 5.78 Å². The Morgan fingerprint density at radius 2 is 2.00 bits per heavy atom. The van der Waals surface area contributed by atoms with Crippen molar-refractivity contribution in [3.05, 3.63) is 35.9 Å². The van der Waals surface area contributed by atoms with Crippen molar-refractivity contribution in [2.75, 3.05) is 7.11 Å². The topological polar surface area (TPSA) is 43.4 Å². The van der Waals surface area contributed by atoms with Gasteiger partial charge in [-0.1, -0.05) is 37.3 Å². The molecule has 17 heavy (non-hydrogen) atoms. The van der Waals surface area contributed by atoms with E-state index in [-0.39, 0.29) is 11.7 Å². The molecule has 1 aromatic carbocycles. The van der Waals surface area contributed by atoms with Crippen LogP contribution in [0.4, 0.5) is 0 Å². The third-order valence-corrected chi connectivity index (χ3v) is 2.79. The van der Waals surface area contributed by atoms with Crippen LogP contribution in [0.25, 0.3) is 0 Å². The van der Waals surface area contributed by atoms with Gasteiger partial charge in [-0.15, -0.1) is 0 Å². The third-order valence-electron chi connectivity index (χ3n) is 2.79. The van der Waals surface area contributed by atoms with Gasteiger partial charge in [0.1, 0.15) is 6.10 Å². The van der Waals surface area contributed by atoms with Crippen LogP contribution >= 0.6 is 0 Å². The van der Waals surface area contributed by atoms with Gasteiger partial charge in [-0.25, -0.2) is 0 Å². The molecule has 2 atom stereocenters. The van der Waals surface area contributed by atoms with E-state index in [1.807, 2.05) is 31.4 Å². The molecule has 0 aromatic heterocycles. The van der Waals surface area contributed by atoms with Crippen molar-refractivity contribution in [3.8, 4) is 0 Å². The number of rotatable bonds is 7. The molecule has 0 N–H and O–H groups in total. The number of Topliss-reactive ketones (excluding diaryl/α,β-unsaturated/α-hetero) is 1. The standard InChI is InChI=1S/C14H17O3/c1-3-11(10-15)9-13(17-2)14(16)12-7-5-4-6-8-12/h4-8,11,13H,3,9H2,1-2H3. The van der Waals surface area contributed by atoms with Crippen LogP contribution in [0.1, 0.15) is 30.1 Å². The molecular formula is C14H17O3. The largest absolute Gasteiger partial charge is 0.373 e. The van der Waals surface area contributed by atoms with Gasteiger partial charge in [0.05, 0.1) is 0 Å². The molecule has 2 unspecified atom stereocenters. The zero-order valence-electron chi connectivity index (χ0n) is 10.2. The van der Waals surface area contributed by atoms with E-state index in [1.165, 1.54) is 7.11 Å². The van der Waals surface area contributed by atoms with E-state index in [4.69, 9.17) is 4.74 Å². The van der Waals surface area contributed by atoms with Crippen molar-refractivity contribution in [2.24, 2.45) is 5.92 Å². The van der Waals surface area contributed by atoms with Crippen LogP contribution in [-0.4, -0.2) is 25.3 Å². The first-order valence-electron chi connectivity index (χ1n) is 5.72. The lowest BCUT2D eigenvalue weighted by atomic mass is 9.95. The molecule has 0 saturated heterocycles. The van der Waals surface area contributed by atoms with Gasteiger partial charge in [-0.05, 0) is 12.8 Å². The predicted octanol–water partition coefficient (Wildman–Crippen LogP) is 2.41. The van der Waals surface area contributed by atoms with Crippen molar-refractivity contribution < 1.29 is 14.3 Å². The highest BCUT2D eigenvalue weighted by molar-refractivity contribution is 5.99. The molecule has 0 amide bonds. The van der Waals surface area contributed by atoms with E-state index >= 15 is 0 Å². The molecule has 0 fully saturated rings. The number of carbonyl (C=O) groups excluding carboxylic acids is 2. The molecule has 0 aliphatic carbocycles. The summed E-state index contributed by atoms with van der Waals surface area (Å²) in [6, 6.07) is 8.97. The summed E-state index contributed by atoms with van der Waals surface area (Å²) in [5.74, 6) is -0.325. The molecule has 0 spiro atoms. The number of methoxy groups -OCH3 is 1. The average Bonchev–Trinajstić information content (AvgIpc) is 2.40. The summed E-state index contributed by atoms with van der Waals surface area (Å²) >= 11 is 0. The summed E-state index contributed by atoms with van der Waals surface area (Å²) in [5, 5.41) is 0. The molecule has 3 heteroatoms. The Morgan fingerprint density at radius 3 is 2.47 bits per heavy atom. The van der Waals surface area contributed by atoms with E-state index < -0.39 is 6.10 Å². The Morgan fingerprint density at radius 1 is 1.35 bits per heavy atom. The number of carbonyl (C=O) groups is 1. The molecule has 0 aliphatic rings. The molecule has 1 aromatic rings. The molecule has 0 heterocycles. The second-order valence-electron chi connectivity index (χ2n) is 3.91. The van der Waals surface area contributed by atoms with Gasteiger partial charge in [0.25, 0.3) is 0 Å². The molecule has 1 radical (unpaired) electrons. The van der Waals surface area contributed by atoms with Crippen LogP contribution in [0.3, 0.4) is 0 Å². The monoisotopic (exact) mass is 233 g/mol. The Kier molecular flexibility index (Phi) is 5.57. The molecule has 91 valence electrons. The van der Waals surface area contributed by atoms with E-state index in [0.29, 0.717) is 18.4 Å². The van der Waals surface area contributed by atoms with Crippen molar-refractivity contribution in [1.29, 1.82) is 0 Å². The minimum absolute atomic E-state index is 0.0817. The molecule has 0 saturated carbocycles. The van der Waals surface area contributed by atoms with Gasteiger partial charge in [0, 0.05) is 18.6 Å². The minimum Gasteiger partial charge on any atom is -0.373 e. The summed E-state index contributed by atoms with van der Waals surface area (Å²) in [4.78, 5) is 22.7. The molecule has 1 rings (SSSR count). The lowest BCUT2D eigenvalue weighted by Crippen LogP contribution is -2.26. The zero-order valence-corrected chi connectivity index (χ0v) is 10.2. The number of ether oxygens (including phenoxy) is 1. The second kappa shape index (κ2) is 6.97. The van der Waals surface area contributed by atoms with Crippen LogP contribution < -0.4 is 0 Å². The quantitative estimate of drug-likeness (QED) is 0.679. The first-order valence-corrected chi connectivity index (χ1v) is 5.72. The first-order chi connectivity index (χ1) is 8.22. The van der Waals surface area contributed by atoms with E-state index in [2.05, 4.69) is 0 Å². The summed E-state index contributed by atoms with van der Waals surface area (Å²) in [7, 11) is 1.49. The third kappa shape index (κ3) is 3.79. The van der Waals surface area contributed by atoms with Gasteiger partial charge in [0.2, 0.25) is 6.29 Å². The summed E-state index contributed by atoms with van der Waals surface area (Å²) < 4.78 is 5.17. The molecule has 0 bridgehead atoms. The lowest BCUT2D eigenvalue weighted by molar-refractivity contribution is 0.0551. The zero-order chi connectivity index (χ0) is 12.7. The highest BCUT2D eigenvalue weighted by Crippen LogP contribution is 2.15. The fourth-order valence-corrected chi connectivity index (χ4v) is 1.66. The van der Waals surface area contributed by atoms with Crippen LogP contribution in [0.15, 0.2) is 30.3 Å². The Bertz CT molecular complexity index is 359. The molecular weight excluding hydrogens is 216 g/mol. The number of benzene rings is 1. The number of hydrogen-bond acceptors (Lipinski definition) is 3. The van der Waals surface area contributed by atoms with Gasteiger partial charge in [-0.2, -0.15) is 0 Å². The Labute approximate surface area is 102 Å². The van der Waals surface area contributed by atoms with Crippen molar-refractivity contribution in [1.82, 2.24) is 0 Å². The highest BCUT2D eigenvalue weighted by atomic mass is 16.5. The van der Waals surface area contributed by atoms with Crippen LogP contribution in [0.2, 0.25) is 0 Å². The van der Waals surface area contributed by atoms with Gasteiger partial charge >= 0.3 is 0 Å². The smallest absolute Gasteiger partial charge is 0.201 e. The average molecular weight is 233 g/mol. The minimum atomic E-state index is -0.566. The maximum absolute atomic E-state index is 12.1. The van der Waals surface area contributed by atoms with Crippen LogP contribution in [-0.2, 0) is 9.53 Å². The van der Waals surface area contributed by atoms with Crippen LogP contribution in [0.5, 0.6) is 0 Å². The van der Waals surface area contributed by atoms with Crippen LogP contribution in [0, 0.1) is 5.92 Å². The normalized spacial score (nSPS) is 14.0. The van der Waals surface area contributed by atoms with Crippen molar-refractivity contribution >= 4 is 12.1 Å². The van der Waals surface area contributed by atoms with Gasteiger partial charge in [-0.3, -0.25) is 9.59 Å². The van der Waals surface area contributed by atoms with E-state index in [1.54, 1.807) is 12.1 Å². The Hall–Kier alpha value is -1.48. The number of ketones is 1. The summed E-state index contributed by atoms with van der Waals surface area (Å²) in [6.45, 7) is 1.90. The lowest BCUT2D eigenvalue weighted by Gasteiger charge is -2.16. The van der Waals surface area contributed by atoms with Gasteiger partial charge < -0.3 is 4.74 Å². The highest BCUT2D eigenvalue weighted by Gasteiger charge is 2.23. The second-order valence-corrected chi connectivity index (χ2v) is 3.91. The Balaban J connectivity index is 2.74. The maximum Gasteiger partial charge on any atom is 0.201 e. The fourth-order valence-electron chi connectivity index (χ4n) is 1.66. The van der Waals surface area contributed by atoms with E-state index in [0.717, 1.165) is 0 Å². The maximum atomic E-state index is 12.1. The SMILES string of the molecule is CCC([C]=O)CC(OC)C(=O)c1ccccc1. The van der Waals surface area contributed by atoms with Crippen molar-refractivity contribution in [3.63, 3.8) is 0 Å². The number of hydrogen-bond donors (Lipinski definition) is 0. The first kappa shape index (κ1) is 13.6.